The molecule has 0 aliphatic carbocycles. The molecule has 5 nitrogen and oxygen atoms in total. The van der Waals surface area contributed by atoms with Crippen molar-refractivity contribution in [3.63, 3.8) is 0 Å². The predicted octanol–water partition coefficient (Wildman–Crippen LogP) is 4.30. The molecular weight excluding hydrogens is 344 g/mol. The Morgan fingerprint density at radius 2 is 2.12 bits per heavy atom. The minimum absolute atomic E-state index is 0.0126. The summed E-state index contributed by atoms with van der Waals surface area (Å²) in [4.78, 5) is 15.6. The fourth-order valence-corrected chi connectivity index (χ4v) is 4.54. The van der Waals surface area contributed by atoms with E-state index in [2.05, 4.69) is 40.6 Å². The first kappa shape index (κ1) is 17.2. The third kappa shape index (κ3) is 3.27. The number of benzene rings is 2. The third-order valence-corrected chi connectivity index (χ3v) is 5.90. The first-order chi connectivity index (χ1) is 12.7. The molecule has 0 bridgehead atoms. The van der Waals surface area contributed by atoms with Gasteiger partial charge in [0.1, 0.15) is 0 Å². The van der Waals surface area contributed by atoms with Crippen molar-refractivity contribution in [1.82, 2.24) is 13.9 Å². The zero-order valence-corrected chi connectivity index (χ0v) is 16.0. The van der Waals surface area contributed by atoms with Gasteiger partial charge >= 0.3 is 5.69 Å². The summed E-state index contributed by atoms with van der Waals surface area (Å²) in [6.45, 7) is 6.21. The van der Waals surface area contributed by atoms with Gasteiger partial charge in [-0.25, -0.2) is 9.10 Å². The second kappa shape index (κ2) is 7.21. The van der Waals surface area contributed by atoms with Crippen LogP contribution in [-0.2, 0) is 0 Å². The summed E-state index contributed by atoms with van der Waals surface area (Å²) in [6, 6.07) is 14.6. The van der Waals surface area contributed by atoms with E-state index >= 15 is 0 Å². The Morgan fingerprint density at radius 3 is 2.92 bits per heavy atom. The number of imidazole rings is 1. The van der Waals surface area contributed by atoms with Crippen LogP contribution in [0.25, 0.3) is 11.0 Å². The predicted molar refractivity (Wildman–Crippen MR) is 110 cm³/mol. The number of fused-ring (bicyclic) bond motifs is 1. The molecular formula is C20H24N4OS. The second-order valence-corrected chi connectivity index (χ2v) is 8.07. The molecule has 6 heteroatoms. The van der Waals surface area contributed by atoms with Crippen LogP contribution in [0.5, 0.6) is 0 Å². The molecule has 3 aromatic rings. The van der Waals surface area contributed by atoms with Crippen LogP contribution in [0.1, 0.15) is 24.9 Å². The Hall–Kier alpha value is -2.18. The molecule has 0 amide bonds. The second-order valence-electron chi connectivity index (χ2n) is 6.72. The molecule has 136 valence electrons. The average Bonchev–Trinajstić information content (AvgIpc) is 3.20. The maximum atomic E-state index is 12.6. The van der Waals surface area contributed by atoms with Gasteiger partial charge in [0, 0.05) is 30.2 Å². The number of aryl methyl sites for hydroxylation is 1. The highest BCUT2D eigenvalue weighted by atomic mass is 32.2. The van der Waals surface area contributed by atoms with Gasteiger partial charge in [-0.2, -0.15) is 0 Å². The van der Waals surface area contributed by atoms with Crippen molar-refractivity contribution in [2.75, 3.05) is 24.2 Å². The molecule has 0 spiro atoms. The van der Waals surface area contributed by atoms with E-state index in [-0.39, 0.29) is 11.7 Å². The van der Waals surface area contributed by atoms with Crippen LogP contribution >= 0.6 is 11.9 Å². The van der Waals surface area contributed by atoms with Gasteiger partial charge in [0.25, 0.3) is 0 Å². The van der Waals surface area contributed by atoms with Crippen LogP contribution in [-0.4, -0.2) is 32.7 Å². The number of aromatic amines is 1. The molecule has 0 radical (unpaired) electrons. The Balaban J connectivity index is 1.63. The molecule has 0 saturated carbocycles. The average molecular weight is 369 g/mol. The van der Waals surface area contributed by atoms with E-state index in [1.165, 1.54) is 5.56 Å². The summed E-state index contributed by atoms with van der Waals surface area (Å²) in [7, 11) is 0. The largest absolute Gasteiger partial charge is 0.355 e. The Kier molecular flexibility index (Phi) is 4.78. The number of hydrogen-bond donors (Lipinski definition) is 2. The zero-order valence-electron chi connectivity index (χ0n) is 15.2. The van der Waals surface area contributed by atoms with Crippen LogP contribution < -0.4 is 11.0 Å². The summed E-state index contributed by atoms with van der Waals surface area (Å²) in [6.07, 6.45) is 1.02. The molecule has 2 aromatic carbocycles. The number of aromatic nitrogens is 2. The highest BCUT2D eigenvalue weighted by molar-refractivity contribution is 7.96. The quantitative estimate of drug-likeness (QED) is 0.660. The van der Waals surface area contributed by atoms with E-state index in [1.54, 1.807) is 0 Å². The number of hydrogen-bond acceptors (Lipinski definition) is 4. The smallest absolute Gasteiger partial charge is 0.326 e. The number of rotatable bonds is 5. The van der Waals surface area contributed by atoms with Crippen molar-refractivity contribution in [2.24, 2.45) is 0 Å². The van der Waals surface area contributed by atoms with E-state index in [0.717, 1.165) is 47.7 Å². The molecule has 2 N–H and O–H groups in total. The molecule has 2 heterocycles. The first-order valence-electron chi connectivity index (χ1n) is 9.10. The van der Waals surface area contributed by atoms with Crippen molar-refractivity contribution >= 4 is 34.4 Å². The first-order valence-corrected chi connectivity index (χ1v) is 10.0. The lowest BCUT2D eigenvalue weighted by atomic mass is 10.2. The van der Waals surface area contributed by atoms with Crippen molar-refractivity contribution in [1.29, 1.82) is 0 Å². The molecule has 26 heavy (non-hydrogen) atoms. The zero-order chi connectivity index (χ0) is 18.1. The normalized spacial score (nSPS) is 17.8. The van der Waals surface area contributed by atoms with E-state index in [1.807, 2.05) is 46.8 Å². The van der Waals surface area contributed by atoms with E-state index in [0.29, 0.717) is 0 Å². The summed E-state index contributed by atoms with van der Waals surface area (Å²) in [5, 5.41) is 3.44. The maximum Gasteiger partial charge on any atom is 0.326 e. The molecule has 4 rings (SSSR count). The minimum Gasteiger partial charge on any atom is -0.355 e. The molecule has 1 aliphatic heterocycles. The fraction of sp³-hybridized carbons (Fsp3) is 0.350. The van der Waals surface area contributed by atoms with Crippen LogP contribution in [0.2, 0.25) is 0 Å². The van der Waals surface area contributed by atoms with E-state index in [9.17, 15) is 4.79 Å². The molecule has 1 aromatic heterocycles. The summed E-state index contributed by atoms with van der Waals surface area (Å²) < 4.78 is 4.30. The van der Waals surface area contributed by atoms with E-state index < -0.39 is 0 Å². The van der Waals surface area contributed by atoms with Gasteiger partial charge in [0.2, 0.25) is 0 Å². The van der Waals surface area contributed by atoms with Crippen LogP contribution in [0.3, 0.4) is 0 Å². The van der Waals surface area contributed by atoms with Gasteiger partial charge in [0.15, 0.2) is 0 Å². The molecule has 1 saturated heterocycles. The van der Waals surface area contributed by atoms with Crippen LogP contribution in [0.15, 0.2) is 47.3 Å². The third-order valence-electron chi connectivity index (χ3n) is 4.94. The monoisotopic (exact) mass is 368 g/mol. The Labute approximate surface area is 157 Å². The van der Waals surface area contributed by atoms with E-state index in [4.69, 9.17) is 0 Å². The topological polar surface area (TPSA) is 53.1 Å². The van der Waals surface area contributed by atoms with Crippen molar-refractivity contribution in [2.45, 2.75) is 26.3 Å². The van der Waals surface area contributed by atoms with Crippen molar-refractivity contribution in [3.05, 3.63) is 58.5 Å². The maximum absolute atomic E-state index is 12.6. The molecule has 1 aliphatic rings. The Morgan fingerprint density at radius 1 is 1.27 bits per heavy atom. The van der Waals surface area contributed by atoms with Crippen molar-refractivity contribution < 1.29 is 0 Å². The number of nitrogens with one attached hydrogen (secondary N) is 2. The van der Waals surface area contributed by atoms with Crippen molar-refractivity contribution in [3.8, 4) is 0 Å². The highest BCUT2D eigenvalue weighted by Crippen LogP contribution is 2.29. The number of para-hydroxylation sites is 1. The van der Waals surface area contributed by atoms with Gasteiger partial charge in [0.05, 0.1) is 17.1 Å². The van der Waals surface area contributed by atoms with Gasteiger partial charge in [-0.1, -0.05) is 37.1 Å². The SMILES string of the molecule is CCSN1CCC(n2c(=O)[nH]c3cc(Nc4ccccc4C)ccc32)C1. The Bertz CT molecular complexity index is 977. The van der Waals surface area contributed by atoms with Gasteiger partial charge in [-0.15, -0.1) is 0 Å². The minimum atomic E-state index is -0.0126. The number of nitrogens with zero attached hydrogens (tertiary/aromatic N) is 2. The lowest BCUT2D eigenvalue weighted by Crippen LogP contribution is -2.24. The summed E-state index contributed by atoms with van der Waals surface area (Å²) in [5.74, 6) is 1.07. The summed E-state index contributed by atoms with van der Waals surface area (Å²) >= 11 is 1.85. The lowest BCUT2D eigenvalue weighted by molar-refractivity contribution is 0.504. The number of anilines is 2. The van der Waals surface area contributed by atoms with Gasteiger partial charge < -0.3 is 10.3 Å². The molecule has 1 atom stereocenters. The highest BCUT2D eigenvalue weighted by Gasteiger charge is 2.26. The molecule has 1 unspecified atom stereocenters. The number of H-pyrrole nitrogens is 1. The van der Waals surface area contributed by atoms with Gasteiger partial charge in [-0.3, -0.25) is 4.57 Å². The molecule has 1 fully saturated rings. The standard InChI is InChI=1S/C20H24N4OS/c1-3-26-23-11-10-16(13-23)24-19-9-8-15(12-18(19)22-20(24)25)21-17-7-5-4-6-14(17)2/h4-9,12,16,21H,3,10-11,13H2,1-2H3,(H,22,25). The van der Waals surface area contributed by atoms with Crippen LogP contribution in [0, 0.1) is 6.92 Å². The lowest BCUT2D eigenvalue weighted by Gasteiger charge is -2.15. The van der Waals surface area contributed by atoms with Gasteiger partial charge in [-0.05, 0) is 43.2 Å². The van der Waals surface area contributed by atoms with Crippen LogP contribution in [0.4, 0.5) is 11.4 Å². The summed E-state index contributed by atoms with van der Waals surface area (Å²) in [5.41, 5.74) is 5.11. The fourth-order valence-electron chi connectivity index (χ4n) is 3.66.